The van der Waals surface area contributed by atoms with Gasteiger partial charge in [0, 0.05) is 30.6 Å². The van der Waals surface area contributed by atoms with Crippen LogP contribution in [0.25, 0.3) is 0 Å². The van der Waals surface area contributed by atoms with Gasteiger partial charge in [-0.15, -0.1) is 0 Å². The van der Waals surface area contributed by atoms with Gasteiger partial charge in [0.25, 0.3) is 0 Å². The van der Waals surface area contributed by atoms with E-state index in [1.807, 2.05) is 0 Å². The molecule has 0 amide bonds. The minimum absolute atomic E-state index is 0.212. The van der Waals surface area contributed by atoms with Gasteiger partial charge in [-0.2, -0.15) is 0 Å². The van der Waals surface area contributed by atoms with E-state index in [2.05, 4.69) is 0 Å². The van der Waals surface area contributed by atoms with Crippen LogP contribution in [0.15, 0.2) is 47.4 Å². The van der Waals surface area contributed by atoms with Crippen molar-refractivity contribution in [2.75, 3.05) is 17.7 Å². The van der Waals surface area contributed by atoms with E-state index >= 15 is 0 Å². The average Bonchev–Trinajstić information content (AvgIpc) is 2.55. The summed E-state index contributed by atoms with van der Waals surface area (Å²) in [7, 11) is -3.86. The first-order valence-electron chi connectivity index (χ1n) is 7.16. The van der Waals surface area contributed by atoms with Crippen molar-refractivity contribution in [2.24, 2.45) is 0 Å². The minimum atomic E-state index is -3.86. The fourth-order valence-corrected chi connectivity index (χ4v) is 3.08. The predicted molar refractivity (Wildman–Crippen MR) is 92.0 cm³/mol. The molecule has 2 aromatic carbocycles. The monoisotopic (exact) mass is 365 g/mol. The van der Waals surface area contributed by atoms with Crippen LogP contribution in [0.5, 0.6) is 0 Å². The second-order valence-electron chi connectivity index (χ2n) is 5.18. The van der Waals surface area contributed by atoms with Crippen LogP contribution in [0, 0.1) is 20.2 Å². The summed E-state index contributed by atoms with van der Waals surface area (Å²) in [5.74, 6) is 0. The van der Waals surface area contributed by atoms with Crippen molar-refractivity contribution in [3.8, 4) is 0 Å². The van der Waals surface area contributed by atoms with E-state index in [0.717, 1.165) is 18.4 Å². The summed E-state index contributed by atoms with van der Waals surface area (Å²) in [6.07, 6.45) is 0.838. The fraction of sp³-hybridized carbons (Fsp3) is 0.200. The van der Waals surface area contributed by atoms with Crippen molar-refractivity contribution < 1.29 is 18.3 Å². The lowest BCUT2D eigenvalue weighted by Gasteiger charge is -2.23. The highest BCUT2D eigenvalue weighted by atomic mass is 32.2. The maximum atomic E-state index is 11.7. The van der Waals surface area contributed by atoms with E-state index in [1.165, 1.54) is 4.90 Å². The van der Waals surface area contributed by atoms with Gasteiger partial charge in [-0.3, -0.25) is 20.2 Å². The highest BCUT2D eigenvalue weighted by Crippen LogP contribution is 2.42. The van der Waals surface area contributed by atoms with Crippen LogP contribution in [0.4, 0.5) is 22.7 Å². The fourth-order valence-electron chi connectivity index (χ4n) is 2.43. The number of hydrogen-bond acceptors (Lipinski definition) is 7. The van der Waals surface area contributed by atoms with Crippen molar-refractivity contribution in [1.29, 1.82) is 0 Å². The number of hydrogen-bond donors (Lipinski definition) is 0. The summed E-state index contributed by atoms with van der Waals surface area (Å²) >= 11 is 0. The number of nitro benzene ring substituents is 2. The Morgan fingerprint density at radius 1 is 1.00 bits per heavy atom. The Bertz CT molecular complexity index is 893. The zero-order valence-corrected chi connectivity index (χ0v) is 14.3. The third-order valence-corrected chi connectivity index (χ3v) is 4.61. The van der Waals surface area contributed by atoms with E-state index in [-0.39, 0.29) is 12.2 Å². The van der Waals surface area contributed by atoms with Crippen molar-refractivity contribution in [1.82, 2.24) is 0 Å². The summed E-state index contributed by atoms with van der Waals surface area (Å²) in [6.45, 7) is 1.90. The third-order valence-electron chi connectivity index (χ3n) is 3.52. The Hall–Kier alpha value is -3.01. The SMILES string of the molecule is CCN(c1ccccc1)c1c([N+](=O)[O-])cc(S(C)(=O)=O)cc1[N+](=O)[O-]. The van der Waals surface area contributed by atoms with E-state index in [4.69, 9.17) is 0 Å². The number of nitrogens with zero attached hydrogens (tertiary/aromatic N) is 3. The molecule has 0 aliphatic carbocycles. The normalized spacial score (nSPS) is 11.1. The Morgan fingerprint density at radius 3 is 1.84 bits per heavy atom. The van der Waals surface area contributed by atoms with Crippen molar-refractivity contribution in [3.63, 3.8) is 0 Å². The minimum Gasteiger partial charge on any atom is -0.331 e. The van der Waals surface area contributed by atoms with Gasteiger partial charge in [0.05, 0.1) is 14.7 Å². The zero-order valence-electron chi connectivity index (χ0n) is 13.4. The van der Waals surface area contributed by atoms with Crippen LogP contribution >= 0.6 is 0 Å². The highest BCUT2D eigenvalue weighted by molar-refractivity contribution is 7.90. The van der Waals surface area contributed by atoms with Crippen LogP contribution in [-0.2, 0) is 9.84 Å². The van der Waals surface area contributed by atoms with Gasteiger partial charge in [0.2, 0.25) is 0 Å². The maximum absolute atomic E-state index is 11.7. The quantitative estimate of drug-likeness (QED) is 0.569. The van der Waals surface area contributed by atoms with Crippen LogP contribution in [-0.4, -0.2) is 31.1 Å². The van der Waals surface area contributed by atoms with E-state index in [9.17, 15) is 28.6 Å². The first kappa shape index (κ1) is 18.3. The molecule has 0 fully saturated rings. The molecule has 0 aromatic heterocycles. The molecule has 0 saturated heterocycles. The molecule has 0 spiro atoms. The van der Waals surface area contributed by atoms with Gasteiger partial charge < -0.3 is 4.90 Å². The largest absolute Gasteiger partial charge is 0.331 e. The van der Waals surface area contributed by atoms with Crippen LogP contribution < -0.4 is 4.90 Å². The number of rotatable bonds is 6. The number of nitro groups is 2. The van der Waals surface area contributed by atoms with Gasteiger partial charge in [-0.1, -0.05) is 18.2 Å². The smallest absolute Gasteiger partial charge is 0.301 e. The zero-order chi connectivity index (χ0) is 18.8. The molecule has 132 valence electrons. The summed E-state index contributed by atoms with van der Waals surface area (Å²) in [5.41, 5.74) is -1.01. The molecule has 25 heavy (non-hydrogen) atoms. The van der Waals surface area contributed by atoms with Crippen LogP contribution in [0.2, 0.25) is 0 Å². The molecule has 9 nitrogen and oxygen atoms in total. The molecule has 0 radical (unpaired) electrons. The maximum Gasteiger partial charge on any atom is 0.301 e. The molecule has 0 aliphatic rings. The molecule has 2 rings (SSSR count). The van der Waals surface area contributed by atoms with E-state index in [1.54, 1.807) is 37.3 Å². The molecule has 0 heterocycles. The summed E-state index contributed by atoms with van der Waals surface area (Å²) < 4.78 is 23.5. The van der Waals surface area contributed by atoms with Crippen molar-refractivity contribution in [3.05, 3.63) is 62.7 Å². The Morgan fingerprint density at radius 2 is 1.48 bits per heavy atom. The number of para-hydroxylation sites is 1. The summed E-state index contributed by atoms with van der Waals surface area (Å²) in [4.78, 5) is 22.3. The number of sulfone groups is 1. The Labute approximate surface area is 143 Å². The topological polar surface area (TPSA) is 124 Å². The molecular weight excluding hydrogens is 350 g/mol. The lowest BCUT2D eigenvalue weighted by atomic mass is 10.1. The molecular formula is C15H15N3O6S. The van der Waals surface area contributed by atoms with Gasteiger partial charge in [-0.05, 0) is 19.1 Å². The van der Waals surface area contributed by atoms with Gasteiger partial charge >= 0.3 is 11.4 Å². The lowest BCUT2D eigenvalue weighted by molar-refractivity contribution is -0.392. The second kappa shape index (κ2) is 6.85. The standard InChI is InChI=1S/C15H15N3O6S/c1-3-16(11-7-5-4-6-8-11)15-13(17(19)20)9-12(25(2,23)24)10-14(15)18(21)22/h4-10H,3H2,1-2H3. The molecule has 0 N–H and O–H groups in total. The van der Waals surface area contributed by atoms with Crippen LogP contribution in [0.3, 0.4) is 0 Å². The molecule has 0 aliphatic heterocycles. The summed E-state index contributed by atoms with van der Waals surface area (Å²) in [6, 6.07) is 10.1. The molecule has 0 unspecified atom stereocenters. The van der Waals surface area contributed by atoms with Crippen molar-refractivity contribution >= 4 is 32.6 Å². The third kappa shape index (κ3) is 3.74. The van der Waals surface area contributed by atoms with Gasteiger partial charge in [0.15, 0.2) is 15.5 Å². The van der Waals surface area contributed by atoms with Gasteiger partial charge in [0.1, 0.15) is 0 Å². The molecule has 10 heteroatoms. The second-order valence-corrected chi connectivity index (χ2v) is 7.19. The molecule has 0 bridgehead atoms. The molecule has 0 atom stereocenters. The van der Waals surface area contributed by atoms with Gasteiger partial charge in [-0.25, -0.2) is 8.42 Å². The van der Waals surface area contributed by atoms with Crippen LogP contribution in [0.1, 0.15) is 6.92 Å². The Balaban J connectivity index is 2.87. The molecule has 0 saturated carbocycles. The van der Waals surface area contributed by atoms with E-state index < -0.39 is 36.0 Å². The summed E-state index contributed by atoms with van der Waals surface area (Å²) in [5, 5.41) is 23.0. The number of anilines is 2. The average molecular weight is 365 g/mol. The molecule has 2 aromatic rings. The van der Waals surface area contributed by atoms with Crippen molar-refractivity contribution in [2.45, 2.75) is 11.8 Å². The number of benzene rings is 2. The predicted octanol–water partition coefficient (Wildman–Crippen LogP) is 3.06. The highest BCUT2D eigenvalue weighted by Gasteiger charge is 2.33. The van der Waals surface area contributed by atoms with E-state index in [0.29, 0.717) is 5.69 Å². The Kier molecular flexibility index (Phi) is 5.02. The first-order chi connectivity index (χ1) is 11.7. The first-order valence-corrected chi connectivity index (χ1v) is 9.05. The lowest BCUT2D eigenvalue weighted by Crippen LogP contribution is -2.19.